The molecule has 3 fully saturated rings. The second kappa shape index (κ2) is 9.63. The molecule has 4 aliphatic rings. The first-order chi connectivity index (χ1) is 17.4. The first-order valence-corrected chi connectivity index (χ1v) is 14.0. The molecular weight excluding hydrogens is 492 g/mol. The van der Waals surface area contributed by atoms with E-state index in [-0.39, 0.29) is 37.4 Å². The molecule has 0 aliphatic heterocycles. The monoisotopic (exact) mass is 538 g/mol. The van der Waals surface area contributed by atoms with Crippen molar-refractivity contribution in [1.29, 1.82) is 0 Å². The Morgan fingerprint density at radius 2 is 1.76 bits per heavy atom. The Bertz CT molecular complexity index is 983. The van der Waals surface area contributed by atoms with E-state index < -0.39 is 70.4 Å². The van der Waals surface area contributed by atoms with Crippen molar-refractivity contribution in [1.82, 2.24) is 0 Å². The van der Waals surface area contributed by atoms with E-state index in [2.05, 4.69) is 0 Å². The van der Waals surface area contributed by atoms with Crippen LogP contribution in [0.2, 0.25) is 0 Å². The molecule has 0 heterocycles. The molecule has 3 saturated carbocycles. The average Bonchev–Trinajstić information content (AvgIpc) is 3.09. The van der Waals surface area contributed by atoms with Crippen LogP contribution in [0.4, 0.5) is 0 Å². The van der Waals surface area contributed by atoms with E-state index in [9.17, 15) is 40.2 Å². The van der Waals surface area contributed by atoms with E-state index in [0.717, 1.165) is 0 Å². The lowest BCUT2D eigenvalue weighted by Crippen LogP contribution is -2.63. The SMILES string of the molecule is CC(C)(O)CCC(OC(=O)CO)[C@](C)(O)[C@H]1CC[C@@]2(O)C3=CC(=O)[C@@H]4C[C@@H](O)[C@@H](O)C[C@]4(C)[C@H]3CC[C@]12C. The maximum absolute atomic E-state index is 13.4. The number of carbonyl (C=O) groups is 2. The Labute approximate surface area is 224 Å². The number of aliphatic hydroxyl groups is 6. The fraction of sp³-hybridized carbons (Fsp3) is 0.862. The Balaban J connectivity index is 1.69. The number of esters is 1. The predicted octanol–water partition coefficient (Wildman–Crippen LogP) is 1.40. The third-order valence-corrected chi connectivity index (χ3v) is 10.9. The van der Waals surface area contributed by atoms with Crippen molar-refractivity contribution in [2.24, 2.45) is 28.6 Å². The molecule has 216 valence electrons. The van der Waals surface area contributed by atoms with Crippen LogP contribution in [0.3, 0.4) is 0 Å². The molecule has 9 heteroatoms. The number of carbonyl (C=O) groups excluding carboxylic acids is 2. The molecule has 0 amide bonds. The van der Waals surface area contributed by atoms with Gasteiger partial charge in [0.2, 0.25) is 0 Å². The van der Waals surface area contributed by atoms with E-state index in [1.807, 2.05) is 13.8 Å². The molecule has 0 spiro atoms. The molecule has 38 heavy (non-hydrogen) atoms. The van der Waals surface area contributed by atoms with Gasteiger partial charge in [0.25, 0.3) is 0 Å². The summed E-state index contributed by atoms with van der Waals surface area (Å²) in [6, 6.07) is 0. The molecular formula is C29H46O9. The van der Waals surface area contributed by atoms with Crippen molar-refractivity contribution in [2.75, 3.05) is 6.61 Å². The van der Waals surface area contributed by atoms with Gasteiger partial charge in [0.1, 0.15) is 18.3 Å². The topological polar surface area (TPSA) is 165 Å². The van der Waals surface area contributed by atoms with Crippen LogP contribution in [0.15, 0.2) is 11.6 Å². The van der Waals surface area contributed by atoms with Crippen molar-refractivity contribution in [3.05, 3.63) is 11.6 Å². The summed E-state index contributed by atoms with van der Waals surface area (Å²) in [6.45, 7) is 7.93. The van der Waals surface area contributed by atoms with Crippen LogP contribution >= 0.6 is 0 Å². The van der Waals surface area contributed by atoms with E-state index in [0.29, 0.717) is 31.3 Å². The third-order valence-electron chi connectivity index (χ3n) is 10.9. The summed E-state index contributed by atoms with van der Waals surface area (Å²) in [5.74, 6) is -2.08. The summed E-state index contributed by atoms with van der Waals surface area (Å²) in [7, 11) is 0. The van der Waals surface area contributed by atoms with Gasteiger partial charge in [0.15, 0.2) is 5.78 Å². The Hall–Kier alpha value is -1.36. The number of aliphatic hydroxyl groups excluding tert-OH is 3. The van der Waals surface area contributed by atoms with Gasteiger partial charge < -0.3 is 35.4 Å². The maximum atomic E-state index is 13.4. The quantitative estimate of drug-likeness (QED) is 0.263. The molecule has 1 unspecified atom stereocenters. The van der Waals surface area contributed by atoms with E-state index in [1.54, 1.807) is 26.8 Å². The van der Waals surface area contributed by atoms with Crippen LogP contribution in [0.5, 0.6) is 0 Å². The van der Waals surface area contributed by atoms with Crippen LogP contribution in [-0.2, 0) is 14.3 Å². The van der Waals surface area contributed by atoms with Gasteiger partial charge in [-0.25, -0.2) is 4.79 Å². The molecule has 0 radical (unpaired) electrons. The van der Waals surface area contributed by atoms with Crippen LogP contribution in [-0.4, -0.2) is 84.1 Å². The van der Waals surface area contributed by atoms with Crippen molar-refractivity contribution < 1.29 is 45.0 Å². The van der Waals surface area contributed by atoms with Crippen LogP contribution < -0.4 is 0 Å². The average molecular weight is 539 g/mol. The molecule has 4 aliphatic carbocycles. The highest BCUT2D eigenvalue weighted by Crippen LogP contribution is 2.68. The van der Waals surface area contributed by atoms with Crippen LogP contribution in [0.25, 0.3) is 0 Å². The summed E-state index contributed by atoms with van der Waals surface area (Å²) in [4.78, 5) is 25.5. The Morgan fingerprint density at radius 1 is 1.11 bits per heavy atom. The fourth-order valence-electron chi connectivity index (χ4n) is 8.68. The number of hydrogen-bond acceptors (Lipinski definition) is 9. The number of ketones is 1. The van der Waals surface area contributed by atoms with Gasteiger partial charge in [-0.2, -0.15) is 0 Å². The second-order valence-corrected chi connectivity index (χ2v) is 13.8. The molecule has 4 rings (SSSR count). The number of fused-ring (bicyclic) bond motifs is 5. The highest BCUT2D eigenvalue weighted by atomic mass is 16.6. The van der Waals surface area contributed by atoms with Gasteiger partial charge in [-0.15, -0.1) is 0 Å². The number of allylic oxidation sites excluding steroid dienone is 1. The van der Waals surface area contributed by atoms with Crippen molar-refractivity contribution in [3.63, 3.8) is 0 Å². The smallest absolute Gasteiger partial charge is 0.332 e. The number of ether oxygens (including phenoxy) is 1. The van der Waals surface area contributed by atoms with Crippen molar-refractivity contribution >= 4 is 11.8 Å². The zero-order valence-corrected chi connectivity index (χ0v) is 23.3. The summed E-state index contributed by atoms with van der Waals surface area (Å²) in [5.41, 5.74) is -4.81. The molecule has 6 N–H and O–H groups in total. The minimum absolute atomic E-state index is 0.141. The summed E-state index contributed by atoms with van der Waals surface area (Å²) in [6.07, 6.45) is 1.49. The fourth-order valence-corrected chi connectivity index (χ4v) is 8.68. The third kappa shape index (κ3) is 4.57. The van der Waals surface area contributed by atoms with Crippen molar-refractivity contribution in [2.45, 2.75) is 121 Å². The highest BCUT2D eigenvalue weighted by Gasteiger charge is 2.69. The van der Waals surface area contributed by atoms with Crippen molar-refractivity contribution in [3.8, 4) is 0 Å². The molecule has 10 atom stereocenters. The van der Waals surface area contributed by atoms with Gasteiger partial charge in [-0.05, 0) is 101 Å². The molecule has 0 aromatic carbocycles. The first-order valence-electron chi connectivity index (χ1n) is 14.0. The zero-order chi connectivity index (χ0) is 28.5. The van der Waals surface area contributed by atoms with Crippen LogP contribution in [0, 0.1) is 28.6 Å². The van der Waals surface area contributed by atoms with Gasteiger partial charge >= 0.3 is 5.97 Å². The first kappa shape index (κ1) is 29.6. The predicted molar refractivity (Wildman–Crippen MR) is 138 cm³/mol. The molecule has 0 aromatic rings. The minimum Gasteiger partial charge on any atom is -0.458 e. The van der Waals surface area contributed by atoms with E-state index in [4.69, 9.17) is 4.74 Å². The number of rotatable bonds is 7. The summed E-state index contributed by atoms with van der Waals surface area (Å²) >= 11 is 0. The second-order valence-electron chi connectivity index (χ2n) is 13.8. The largest absolute Gasteiger partial charge is 0.458 e. The number of hydrogen-bond donors (Lipinski definition) is 6. The zero-order valence-electron chi connectivity index (χ0n) is 23.3. The Morgan fingerprint density at radius 3 is 2.37 bits per heavy atom. The molecule has 0 bridgehead atoms. The maximum Gasteiger partial charge on any atom is 0.332 e. The normalized spacial score (nSPS) is 43.3. The minimum atomic E-state index is -1.58. The van der Waals surface area contributed by atoms with Gasteiger partial charge in [0, 0.05) is 11.3 Å². The highest BCUT2D eigenvalue weighted by molar-refractivity contribution is 5.95. The lowest BCUT2D eigenvalue weighted by atomic mass is 9.45. The lowest BCUT2D eigenvalue weighted by molar-refractivity contribution is -0.195. The lowest BCUT2D eigenvalue weighted by Gasteiger charge is -2.60. The molecule has 9 nitrogen and oxygen atoms in total. The summed E-state index contributed by atoms with van der Waals surface area (Å²) in [5, 5.41) is 64.8. The Kier molecular flexibility index (Phi) is 7.51. The molecule has 0 aromatic heterocycles. The van der Waals surface area contributed by atoms with Crippen LogP contribution in [0.1, 0.15) is 86.0 Å². The summed E-state index contributed by atoms with van der Waals surface area (Å²) < 4.78 is 5.51. The van der Waals surface area contributed by atoms with Gasteiger partial charge in [-0.3, -0.25) is 4.79 Å². The standard InChI is InChI=1S/C29H46O9/c1-25(2,35)9-8-23(38-24(34)15-30)28(5,36)22-7-11-29(37)17-12-19(31)18-13-20(32)21(33)14-26(18,3)16(17)6-10-27(22,29)4/h12,16,18,20-23,30,32-33,35-37H,6-11,13-15H2,1-5H3/t16-,18-,20+,21-,22-,23?,26+,27+,28+,29+/m0/s1. The van der Waals surface area contributed by atoms with E-state index in [1.165, 1.54) is 0 Å². The van der Waals surface area contributed by atoms with E-state index >= 15 is 0 Å². The van der Waals surface area contributed by atoms with Gasteiger partial charge in [0.05, 0.1) is 23.4 Å². The molecule has 0 saturated heterocycles. The van der Waals surface area contributed by atoms with Gasteiger partial charge in [-0.1, -0.05) is 13.8 Å².